The van der Waals surface area contributed by atoms with Crippen LogP contribution in [-0.2, 0) is 20.8 Å². The molecular formula is C16H23NO4. The van der Waals surface area contributed by atoms with E-state index in [1.165, 1.54) is 7.11 Å². The van der Waals surface area contributed by atoms with Crippen LogP contribution in [0.4, 0.5) is 0 Å². The van der Waals surface area contributed by atoms with Crippen molar-refractivity contribution in [3.8, 4) is 5.75 Å². The number of rotatable bonds is 7. The summed E-state index contributed by atoms with van der Waals surface area (Å²) in [6.07, 6.45) is 1.27. The zero-order chi connectivity index (χ0) is 15.9. The number of hydrogen-bond acceptors (Lipinski definition) is 5. The lowest BCUT2D eigenvalue weighted by atomic mass is 9.79. The molecule has 0 saturated carbocycles. The fraction of sp³-hybridized carbons (Fsp3) is 0.500. The van der Waals surface area contributed by atoms with Crippen molar-refractivity contribution in [2.24, 2.45) is 10.6 Å². The quantitative estimate of drug-likeness (QED) is 0.363. The molecule has 1 N–H and O–H groups in total. The Morgan fingerprint density at radius 2 is 1.95 bits per heavy atom. The Morgan fingerprint density at radius 3 is 2.48 bits per heavy atom. The zero-order valence-corrected chi connectivity index (χ0v) is 13.0. The lowest BCUT2D eigenvalue weighted by Crippen LogP contribution is -2.38. The standard InChI is InChI=1S/C16H23NO4/c1-5-10-21-17-12(2)16(3,15(19)20-4)11-13-6-8-14(18)9-7-13/h6-9,18H,5,10-11H2,1-4H3. The van der Waals surface area contributed by atoms with Gasteiger partial charge in [0, 0.05) is 0 Å². The summed E-state index contributed by atoms with van der Waals surface area (Å²) in [5, 5.41) is 13.4. The van der Waals surface area contributed by atoms with E-state index >= 15 is 0 Å². The van der Waals surface area contributed by atoms with E-state index in [9.17, 15) is 9.90 Å². The smallest absolute Gasteiger partial charge is 0.317 e. The molecule has 5 heteroatoms. The van der Waals surface area contributed by atoms with Gasteiger partial charge in [0.15, 0.2) is 0 Å². The first-order valence-electron chi connectivity index (χ1n) is 6.97. The molecule has 1 atom stereocenters. The molecular weight excluding hydrogens is 270 g/mol. The maximum Gasteiger partial charge on any atom is 0.317 e. The number of oxime groups is 1. The van der Waals surface area contributed by atoms with Gasteiger partial charge in [-0.25, -0.2) is 0 Å². The van der Waals surface area contributed by atoms with Crippen molar-refractivity contribution in [3.05, 3.63) is 29.8 Å². The summed E-state index contributed by atoms with van der Waals surface area (Å²) in [4.78, 5) is 17.4. The molecule has 116 valence electrons. The normalized spacial score (nSPS) is 14.4. The number of carbonyl (C=O) groups excluding carboxylic acids is 1. The Labute approximate surface area is 125 Å². The highest BCUT2D eigenvalue weighted by Gasteiger charge is 2.38. The maximum atomic E-state index is 12.2. The van der Waals surface area contributed by atoms with Gasteiger partial charge >= 0.3 is 5.97 Å². The fourth-order valence-corrected chi connectivity index (χ4v) is 1.93. The summed E-state index contributed by atoms with van der Waals surface area (Å²) in [6, 6.07) is 6.73. The summed E-state index contributed by atoms with van der Waals surface area (Å²) >= 11 is 0. The van der Waals surface area contributed by atoms with Crippen molar-refractivity contribution in [3.63, 3.8) is 0 Å². The molecule has 1 rings (SSSR count). The lowest BCUT2D eigenvalue weighted by Gasteiger charge is -2.26. The van der Waals surface area contributed by atoms with Gasteiger partial charge in [0.05, 0.1) is 12.8 Å². The Balaban J connectivity index is 3.00. The van der Waals surface area contributed by atoms with E-state index in [4.69, 9.17) is 9.57 Å². The number of benzene rings is 1. The number of phenols is 1. The highest BCUT2D eigenvalue weighted by atomic mass is 16.6. The minimum atomic E-state index is -0.903. The first kappa shape index (κ1) is 17.0. The molecule has 21 heavy (non-hydrogen) atoms. The fourth-order valence-electron chi connectivity index (χ4n) is 1.93. The van der Waals surface area contributed by atoms with Gasteiger partial charge in [-0.1, -0.05) is 24.2 Å². The molecule has 0 fully saturated rings. The van der Waals surface area contributed by atoms with Crippen LogP contribution in [0.25, 0.3) is 0 Å². The molecule has 0 saturated heterocycles. The number of esters is 1. The topological polar surface area (TPSA) is 68.1 Å². The van der Waals surface area contributed by atoms with Crippen molar-refractivity contribution >= 4 is 11.7 Å². The predicted octanol–water partition coefficient (Wildman–Crippen LogP) is 2.92. The Kier molecular flexibility index (Phi) is 6.21. The average molecular weight is 293 g/mol. The summed E-state index contributed by atoms with van der Waals surface area (Å²) in [7, 11) is 1.36. The molecule has 0 radical (unpaired) electrons. The van der Waals surface area contributed by atoms with E-state index in [2.05, 4.69) is 5.16 Å². The Hall–Kier alpha value is -2.04. The highest BCUT2D eigenvalue weighted by Crippen LogP contribution is 2.27. The van der Waals surface area contributed by atoms with Crippen molar-refractivity contribution in [2.45, 2.75) is 33.6 Å². The largest absolute Gasteiger partial charge is 0.508 e. The van der Waals surface area contributed by atoms with Crippen molar-refractivity contribution in [2.75, 3.05) is 13.7 Å². The van der Waals surface area contributed by atoms with E-state index in [-0.39, 0.29) is 11.7 Å². The molecule has 1 aromatic carbocycles. The molecule has 0 aromatic heterocycles. The van der Waals surface area contributed by atoms with E-state index in [1.807, 2.05) is 6.92 Å². The van der Waals surface area contributed by atoms with Crippen LogP contribution in [-0.4, -0.2) is 30.5 Å². The molecule has 0 aliphatic rings. The number of ether oxygens (including phenoxy) is 1. The number of aromatic hydroxyl groups is 1. The third-order valence-electron chi connectivity index (χ3n) is 3.43. The van der Waals surface area contributed by atoms with Gasteiger partial charge in [-0.15, -0.1) is 0 Å². The van der Waals surface area contributed by atoms with Gasteiger partial charge in [0.2, 0.25) is 0 Å². The van der Waals surface area contributed by atoms with Gasteiger partial charge in [0.1, 0.15) is 17.8 Å². The summed E-state index contributed by atoms with van der Waals surface area (Å²) in [5.41, 5.74) is 0.570. The van der Waals surface area contributed by atoms with Gasteiger partial charge in [-0.3, -0.25) is 4.79 Å². The Bertz CT molecular complexity index is 496. The number of methoxy groups -OCH3 is 1. The van der Waals surface area contributed by atoms with Crippen LogP contribution < -0.4 is 0 Å². The second kappa shape index (κ2) is 7.67. The average Bonchev–Trinajstić information content (AvgIpc) is 2.48. The van der Waals surface area contributed by atoms with Crippen LogP contribution in [0, 0.1) is 5.41 Å². The third kappa shape index (κ3) is 4.48. The molecule has 0 bridgehead atoms. The maximum absolute atomic E-state index is 12.2. The predicted molar refractivity (Wildman–Crippen MR) is 81.3 cm³/mol. The van der Waals surface area contributed by atoms with Gasteiger partial charge in [-0.2, -0.15) is 0 Å². The molecule has 0 aliphatic carbocycles. The summed E-state index contributed by atoms with van der Waals surface area (Å²) in [6.45, 7) is 6.03. The van der Waals surface area contributed by atoms with Gasteiger partial charge < -0.3 is 14.7 Å². The summed E-state index contributed by atoms with van der Waals surface area (Å²) in [5.74, 6) is -0.174. The molecule has 0 heterocycles. The molecule has 0 amide bonds. The van der Waals surface area contributed by atoms with Crippen LogP contribution in [0.15, 0.2) is 29.4 Å². The number of nitrogens with zero attached hydrogens (tertiary/aromatic N) is 1. The van der Waals surface area contributed by atoms with Crippen molar-refractivity contribution in [1.29, 1.82) is 0 Å². The van der Waals surface area contributed by atoms with Crippen LogP contribution in [0.5, 0.6) is 5.75 Å². The van der Waals surface area contributed by atoms with Gasteiger partial charge in [0.25, 0.3) is 0 Å². The van der Waals surface area contributed by atoms with Crippen LogP contribution in [0.1, 0.15) is 32.8 Å². The minimum absolute atomic E-state index is 0.190. The van der Waals surface area contributed by atoms with E-state index in [1.54, 1.807) is 38.1 Å². The Morgan fingerprint density at radius 1 is 1.33 bits per heavy atom. The van der Waals surface area contributed by atoms with E-state index in [0.717, 1.165) is 12.0 Å². The SMILES string of the molecule is CCCON=C(C)C(C)(Cc1ccc(O)cc1)C(=O)OC. The molecule has 1 aromatic rings. The third-order valence-corrected chi connectivity index (χ3v) is 3.43. The highest BCUT2D eigenvalue weighted by molar-refractivity contribution is 6.05. The number of phenolic OH excluding ortho intramolecular Hbond substituents is 1. The van der Waals surface area contributed by atoms with E-state index in [0.29, 0.717) is 18.7 Å². The molecule has 0 aliphatic heterocycles. The zero-order valence-electron chi connectivity index (χ0n) is 13.0. The molecule has 0 spiro atoms. The van der Waals surface area contributed by atoms with Crippen LogP contribution >= 0.6 is 0 Å². The second-order valence-electron chi connectivity index (χ2n) is 5.18. The number of carbonyl (C=O) groups is 1. The van der Waals surface area contributed by atoms with Crippen LogP contribution in [0.3, 0.4) is 0 Å². The molecule has 1 unspecified atom stereocenters. The van der Waals surface area contributed by atoms with E-state index < -0.39 is 5.41 Å². The lowest BCUT2D eigenvalue weighted by molar-refractivity contribution is -0.147. The molecule has 5 nitrogen and oxygen atoms in total. The van der Waals surface area contributed by atoms with Crippen molar-refractivity contribution < 1.29 is 19.5 Å². The monoisotopic (exact) mass is 293 g/mol. The first-order valence-corrected chi connectivity index (χ1v) is 6.97. The minimum Gasteiger partial charge on any atom is -0.508 e. The summed E-state index contributed by atoms with van der Waals surface area (Å²) < 4.78 is 4.91. The first-order chi connectivity index (χ1) is 9.93. The van der Waals surface area contributed by atoms with Gasteiger partial charge in [-0.05, 0) is 44.4 Å². The van der Waals surface area contributed by atoms with Crippen LogP contribution in [0.2, 0.25) is 0 Å². The number of hydrogen-bond donors (Lipinski definition) is 1. The van der Waals surface area contributed by atoms with Crippen molar-refractivity contribution in [1.82, 2.24) is 0 Å². The second-order valence-corrected chi connectivity index (χ2v) is 5.18.